The summed E-state index contributed by atoms with van der Waals surface area (Å²) < 4.78 is 1.92. The first-order valence-electron chi connectivity index (χ1n) is 9.66. The van der Waals surface area contributed by atoms with Crippen LogP contribution in [0.5, 0.6) is 0 Å². The molecule has 140 valence electrons. The third-order valence-corrected chi connectivity index (χ3v) is 5.39. The van der Waals surface area contributed by atoms with E-state index in [4.69, 9.17) is 0 Å². The Hall–Kier alpha value is -1.56. The van der Waals surface area contributed by atoms with Crippen LogP contribution in [0.25, 0.3) is 0 Å². The molecule has 2 heterocycles. The lowest BCUT2D eigenvalue weighted by Crippen LogP contribution is -2.41. The smallest absolute Gasteiger partial charge is 0.193 e. The zero-order chi connectivity index (χ0) is 18.0. The second kappa shape index (κ2) is 7.77. The summed E-state index contributed by atoms with van der Waals surface area (Å²) in [5.74, 6) is 2.16. The molecule has 0 bridgehead atoms. The van der Waals surface area contributed by atoms with E-state index in [1.165, 1.54) is 43.6 Å². The highest BCUT2D eigenvalue weighted by atomic mass is 15.3. The van der Waals surface area contributed by atoms with E-state index in [0.717, 1.165) is 31.0 Å². The molecule has 6 nitrogen and oxygen atoms in total. The first kappa shape index (κ1) is 18.2. The Labute approximate surface area is 152 Å². The molecular weight excluding hydrogens is 312 g/mol. The van der Waals surface area contributed by atoms with Gasteiger partial charge in [-0.1, -0.05) is 13.8 Å². The molecular formula is C19H34N6. The van der Waals surface area contributed by atoms with Crippen molar-refractivity contribution < 1.29 is 0 Å². The monoisotopic (exact) mass is 346 g/mol. The molecule has 0 amide bonds. The van der Waals surface area contributed by atoms with Gasteiger partial charge in [-0.3, -0.25) is 9.67 Å². The lowest BCUT2D eigenvalue weighted by molar-refractivity contribution is 0.313. The molecule has 0 spiro atoms. The number of guanidine groups is 1. The number of nitrogens with zero attached hydrogens (tertiary/aromatic N) is 5. The van der Waals surface area contributed by atoms with Crippen molar-refractivity contribution in [3.05, 3.63) is 17.5 Å². The number of likely N-dealkylation sites (tertiary alicyclic amines) is 1. The number of aliphatic imine (C=N–C) groups is 1. The van der Waals surface area contributed by atoms with Crippen LogP contribution in [0, 0.1) is 5.92 Å². The summed E-state index contributed by atoms with van der Waals surface area (Å²) in [5.41, 5.74) is 2.46. The second-order valence-corrected chi connectivity index (χ2v) is 8.03. The Balaban J connectivity index is 1.52. The van der Waals surface area contributed by atoms with E-state index >= 15 is 0 Å². The number of nitrogens with one attached hydrogen (secondary N) is 1. The Morgan fingerprint density at radius 1 is 1.40 bits per heavy atom. The van der Waals surface area contributed by atoms with Crippen molar-refractivity contribution in [3.63, 3.8) is 0 Å². The van der Waals surface area contributed by atoms with Crippen molar-refractivity contribution in [2.75, 3.05) is 33.7 Å². The number of aryl methyl sites for hydroxylation is 1. The number of aromatic nitrogens is 2. The van der Waals surface area contributed by atoms with Gasteiger partial charge in [0.2, 0.25) is 0 Å². The molecule has 1 aromatic rings. The first-order chi connectivity index (χ1) is 12.0. The van der Waals surface area contributed by atoms with Crippen LogP contribution < -0.4 is 5.32 Å². The highest BCUT2D eigenvalue weighted by molar-refractivity contribution is 5.79. The van der Waals surface area contributed by atoms with Crippen LogP contribution in [0.1, 0.15) is 50.3 Å². The second-order valence-electron chi connectivity index (χ2n) is 8.03. The van der Waals surface area contributed by atoms with Crippen LogP contribution >= 0.6 is 0 Å². The third kappa shape index (κ3) is 4.54. The predicted octanol–water partition coefficient (Wildman–Crippen LogP) is 2.03. The average Bonchev–Trinajstić information content (AvgIpc) is 3.19. The van der Waals surface area contributed by atoms with E-state index in [1.54, 1.807) is 0 Å². The molecule has 1 atom stereocenters. The van der Waals surface area contributed by atoms with Gasteiger partial charge in [-0.05, 0) is 37.6 Å². The van der Waals surface area contributed by atoms with Gasteiger partial charge in [-0.15, -0.1) is 0 Å². The highest BCUT2D eigenvalue weighted by Crippen LogP contribution is 2.31. The molecule has 0 radical (unpaired) electrons. The standard InChI is InChI=1S/C19H34N6/c1-14(2)18-16(13-24(5)22-18)12-23(4)19(20-3)21-10-15-8-9-25(11-15)17-6-7-17/h13-15,17H,6-12H2,1-5H3,(H,20,21). The van der Waals surface area contributed by atoms with Gasteiger partial charge in [0.05, 0.1) is 5.69 Å². The fourth-order valence-corrected chi connectivity index (χ4v) is 3.91. The topological polar surface area (TPSA) is 48.7 Å². The molecule has 1 unspecified atom stereocenters. The maximum atomic E-state index is 4.61. The van der Waals surface area contributed by atoms with Gasteiger partial charge in [0, 0.05) is 58.6 Å². The van der Waals surface area contributed by atoms with Crippen molar-refractivity contribution >= 4 is 5.96 Å². The molecule has 0 aromatic carbocycles. The van der Waals surface area contributed by atoms with Crippen LogP contribution in [0.15, 0.2) is 11.2 Å². The SMILES string of the molecule is CN=C(NCC1CCN(C2CC2)C1)N(C)Cc1cn(C)nc1C(C)C. The number of rotatable bonds is 6. The van der Waals surface area contributed by atoms with Crippen molar-refractivity contribution in [1.29, 1.82) is 0 Å². The molecule has 3 rings (SSSR count). The highest BCUT2D eigenvalue weighted by Gasteiger charge is 2.34. The van der Waals surface area contributed by atoms with E-state index < -0.39 is 0 Å². The summed E-state index contributed by atoms with van der Waals surface area (Å²) in [7, 11) is 5.97. The summed E-state index contributed by atoms with van der Waals surface area (Å²) in [6.45, 7) is 8.77. The van der Waals surface area contributed by atoms with Crippen LogP contribution in [-0.4, -0.2) is 65.3 Å². The molecule has 2 aliphatic rings. The summed E-state index contributed by atoms with van der Waals surface area (Å²) in [6, 6.07) is 0.895. The largest absolute Gasteiger partial charge is 0.356 e. The van der Waals surface area contributed by atoms with Gasteiger partial charge in [0.1, 0.15) is 0 Å². The van der Waals surface area contributed by atoms with Crippen molar-refractivity contribution in [3.8, 4) is 0 Å². The minimum Gasteiger partial charge on any atom is -0.356 e. The molecule has 1 saturated heterocycles. The van der Waals surface area contributed by atoms with Crippen LogP contribution in [0.3, 0.4) is 0 Å². The molecule has 25 heavy (non-hydrogen) atoms. The predicted molar refractivity (Wildman–Crippen MR) is 103 cm³/mol. The minimum atomic E-state index is 0.437. The van der Waals surface area contributed by atoms with Gasteiger partial charge in [-0.2, -0.15) is 5.10 Å². The maximum Gasteiger partial charge on any atom is 0.193 e. The zero-order valence-electron chi connectivity index (χ0n) is 16.5. The molecule has 6 heteroatoms. The normalized spacial score (nSPS) is 22.0. The summed E-state index contributed by atoms with van der Waals surface area (Å²) in [4.78, 5) is 9.36. The molecule has 1 saturated carbocycles. The van der Waals surface area contributed by atoms with Crippen LogP contribution in [-0.2, 0) is 13.6 Å². The van der Waals surface area contributed by atoms with Crippen molar-refractivity contribution in [2.24, 2.45) is 18.0 Å². The van der Waals surface area contributed by atoms with Gasteiger partial charge < -0.3 is 15.1 Å². The van der Waals surface area contributed by atoms with E-state index in [9.17, 15) is 0 Å². The fraction of sp³-hybridized carbons (Fsp3) is 0.789. The van der Waals surface area contributed by atoms with Gasteiger partial charge in [0.25, 0.3) is 0 Å². The molecule has 1 aliphatic carbocycles. The first-order valence-corrected chi connectivity index (χ1v) is 9.66. The van der Waals surface area contributed by atoms with E-state index in [-0.39, 0.29) is 0 Å². The van der Waals surface area contributed by atoms with Crippen molar-refractivity contribution in [2.45, 2.75) is 51.6 Å². The Morgan fingerprint density at radius 3 is 2.80 bits per heavy atom. The van der Waals surface area contributed by atoms with Crippen molar-refractivity contribution in [1.82, 2.24) is 24.9 Å². The zero-order valence-corrected chi connectivity index (χ0v) is 16.5. The quantitative estimate of drug-likeness (QED) is 0.632. The number of hydrogen-bond acceptors (Lipinski definition) is 3. The fourth-order valence-electron chi connectivity index (χ4n) is 3.91. The average molecular weight is 347 g/mol. The third-order valence-electron chi connectivity index (χ3n) is 5.39. The molecule has 1 N–H and O–H groups in total. The van der Waals surface area contributed by atoms with Crippen LogP contribution in [0.2, 0.25) is 0 Å². The Kier molecular flexibility index (Phi) is 5.67. The summed E-state index contributed by atoms with van der Waals surface area (Å²) >= 11 is 0. The lowest BCUT2D eigenvalue weighted by Gasteiger charge is -2.24. The molecule has 2 fully saturated rings. The van der Waals surface area contributed by atoms with E-state index in [0.29, 0.717) is 5.92 Å². The maximum absolute atomic E-state index is 4.61. The van der Waals surface area contributed by atoms with E-state index in [2.05, 4.69) is 52.3 Å². The Morgan fingerprint density at radius 2 is 2.16 bits per heavy atom. The lowest BCUT2D eigenvalue weighted by atomic mass is 10.1. The van der Waals surface area contributed by atoms with Crippen LogP contribution in [0.4, 0.5) is 0 Å². The number of hydrogen-bond donors (Lipinski definition) is 1. The van der Waals surface area contributed by atoms with E-state index in [1.807, 2.05) is 18.8 Å². The van der Waals surface area contributed by atoms with Gasteiger partial charge >= 0.3 is 0 Å². The Bertz CT molecular complexity index is 601. The van der Waals surface area contributed by atoms with Gasteiger partial charge in [0.15, 0.2) is 5.96 Å². The summed E-state index contributed by atoms with van der Waals surface area (Å²) in [6.07, 6.45) is 6.26. The molecule has 1 aromatic heterocycles. The molecule has 1 aliphatic heterocycles. The van der Waals surface area contributed by atoms with Gasteiger partial charge in [-0.25, -0.2) is 0 Å². The summed E-state index contributed by atoms with van der Waals surface area (Å²) in [5, 5.41) is 8.20. The minimum absolute atomic E-state index is 0.437.